The zero-order valence-corrected chi connectivity index (χ0v) is 33.7. The van der Waals surface area contributed by atoms with Crippen molar-refractivity contribution in [2.75, 3.05) is 4.90 Å². The molecule has 0 N–H and O–H groups in total. The van der Waals surface area contributed by atoms with Crippen molar-refractivity contribution in [2.24, 2.45) is 0 Å². The molecule has 0 unspecified atom stereocenters. The van der Waals surface area contributed by atoms with E-state index in [2.05, 4.69) is 217 Å². The van der Waals surface area contributed by atoms with E-state index in [0.29, 0.717) is 0 Å². The van der Waals surface area contributed by atoms with E-state index in [0.717, 1.165) is 50.1 Å². The lowest BCUT2D eigenvalue weighted by Gasteiger charge is -2.26. The van der Waals surface area contributed by atoms with Crippen LogP contribution >= 0.6 is 0 Å². The van der Waals surface area contributed by atoms with Crippen LogP contribution in [0.25, 0.3) is 110 Å². The maximum atomic E-state index is 6.45. The average molecular weight is 788 g/mol. The number of anilines is 3. The number of hydrogen-bond donors (Lipinski definition) is 0. The predicted molar refractivity (Wildman–Crippen MR) is 262 cm³/mol. The Morgan fingerprint density at radius 2 is 0.839 bits per heavy atom. The average Bonchev–Trinajstić information content (AvgIpc) is 3.89. The van der Waals surface area contributed by atoms with Crippen molar-refractivity contribution in [3.05, 3.63) is 224 Å². The maximum Gasteiger partial charge on any atom is 0.143 e. The van der Waals surface area contributed by atoms with Crippen molar-refractivity contribution in [1.82, 2.24) is 0 Å². The van der Waals surface area contributed by atoms with E-state index in [9.17, 15) is 0 Å². The van der Waals surface area contributed by atoms with Crippen molar-refractivity contribution >= 4 is 71.3 Å². The molecule has 0 saturated heterocycles. The number of rotatable bonds is 6. The van der Waals surface area contributed by atoms with Gasteiger partial charge in [0.2, 0.25) is 0 Å². The molecule has 1 aliphatic carbocycles. The Bertz CT molecular complexity index is 3740. The summed E-state index contributed by atoms with van der Waals surface area (Å²) in [5.41, 5.74) is 17.2. The fourth-order valence-corrected chi connectivity index (χ4v) is 9.99. The van der Waals surface area contributed by atoms with Gasteiger partial charge >= 0.3 is 0 Å². The zero-order chi connectivity index (χ0) is 40.7. The van der Waals surface area contributed by atoms with E-state index in [1.807, 2.05) is 12.1 Å². The lowest BCUT2D eigenvalue weighted by atomic mass is 9.96. The highest BCUT2D eigenvalue weighted by Crippen LogP contribution is 2.49. The molecule has 0 amide bonds. The molecule has 1 aromatic heterocycles. The van der Waals surface area contributed by atoms with Gasteiger partial charge in [-0.25, -0.2) is 0 Å². The summed E-state index contributed by atoms with van der Waals surface area (Å²) in [5, 5.41) is 9.96. The van der Waals surface area contributed by atoms with Crippen molar-refractivity contribution in [3.8, 4) is 55.6 Å². The lowest BCUT2D eigenvalue weighted by Crippen LogP contribution is -2.10. The van der Waals surface area contributed by atoms with Gasteiger partial charge in [-0.05, 0) is 137 Å². The quantitative estimate of drug-likeness (QED) is 0.156. The number of furan rings is 1. The van der Waals surface area contributed by atoms with Gasteiger partial charge in [-0.3, -0.25) is 0 Å². The van der Waals surface area contributed by atoms with Gasteiger partial charge in [0, 0.05) is 33.4 Å². The first-order valence-electron chi connectivity index (χ1n) is 21.3. The van der Waals surface area contributed by atoms with Crippen molar-refractivity contribution in [1.29, 1.82) is 0 Å². The summed E-state index contributed by atoms with van der Waals surface area (Å²) < 4.78 is 6.45. The van der Waals surface area contributed by atoms with Gasteiger partial charge in [-0.1, -0.05) is 170 Å². The highest BCUT2D eigenvalue weighted by molar-refractivity contribution is 6.16. The van der Waals surface area contributed by atoms with E-state index in [1.165, 1.54) is 76.8 Å². The number of nitrogens with zero attached hydrogens (tertiary/aromatic N) is 1. The molecule has 12 aromatic rings. The number of hydrogen-bond acceptors (Lipinski definition) is 2. The molecule has 2 nitrogen and oxygen atoms in total. The van der Waals surface area contributed by atoms with Crippen LogP contribution in [0, 0.1) is 0 Å². The zero-order valence-electron chi connectivity index (χ0n) is 33.7. The van der Waals surface area contributed by atoms with Gasteiger partial charge in [-0.2, -0.15) is 0 Å². The Hall–Kier alpha value is -8.20. The Morgan fingerprint density at radius 3 is 1.66 bits per heavy atom. The molecule has 0 bridgehead atoms. The topological polar surface area (TPSA) is 16.4 Å². The summed E-state index contributed by atoms with van der Waals surface area (Å²) in [7, 11) is 0. The standard InChI is InChI=1S/C60H37NO/c1-2-14-49-39(9-1)21-22-41-23-24-44(36-56(41)49)38-25-30-46(31-26-38)61(47-32-27-40(28-33-47)50-16-8-19-55-52-15-3-4-20-58(52)62-60(50)55)48-13-5-12-43(35-48)45-29-34-51-53-17-6-10-42-11-7-18-54(59(42)53)57(51)37-45/h1-37H. The highest BCUT2D eigenvalue weighted by atomic mass is 16.3. The Kier molecular flexibility index (Phi) is 7.64. The van der Waals surface area contributed by atoms with Crippen molar-refractivity contribution in [2.45, 2.75) is 0 Å². The monoisotopic (exact) mass is 787 g/mol. The molecule has 13 rings (SSSR count). The summed E-state index contributed by atoms with van der Waals surface area (Å²) in [6.07, 6.45) is 0. The largest absolute Gasteiger partial charge is 0.455 e. The predicted octanol–water partition coefficient (Wildman–Crippen LogP) is 17.2. The molecule has 2 heteroatoms. The van der Waals surface area contributed by atoms with Gasteiger partial charge in [0.15, 0.2) is 0 Å². The minimum atomic E-state index is 0.906. The second kappa shape index (κ2) is 13.7. The van der Waals surface area contributed by atoms with E-state index in [4.69, 9.17) is 4.42 Å². The second-order valence-electron chi connectivity index (χ2n) is 16.5. The smallest absolute Gasteiger partial charge is 0.143 e. The molecule has 0 aliphatic heterocycles. The first-order chi connectivity index (χ1) is 30.7. The summed E-state index contributed by atoms with van der Waals surface area (Å²) in [6.45, 7) is 0. The normalized spacial score (nSPS) is 11.9. The van der Waals surface area contributed by atoms with Gasteiger partial charge in [0.05, 0.1) is 0 Å². The SMILES string of the molecule is c1cc(-c2ccc3c(c2)-c2cccc4cccc-3c24)cc(N(c2ccc(-c3ccc4ccc5ccccc5c4c3)cc2)c2ccc(-c3cccc4c3oc3ccccc34)cc2)c1. The number of benzene rings is 11. The molecule has 1 heterocycles. The summed E-state index contributed by atoms with van der Waals surface area (Å²) in [5.74, 6) is 0. The number of fused-ring (bicyclic) bond motifs is 9. The Labute approximate surface area is 359 Å². The van der Waals surface area contributed by atoms with Crippen LogP contribution in [-0.2, 0) is 0 Å². The fraction of sp³-hybridized carbons (Fsp3) is 0. The van der Waals surface area contributed by atoms with Crippen LogP contribution in [0.4, 0.5) is 17.1 Å². The molecular formula is C60H37NO. The minimum absolute atomic E-state index is 0.906. The number of para-hydroxylation sites is 2. The van der Waals surface area contributed by atoms with E-state index >= 15 is 0 Å². The summed E-state index contributed by atoms with van der Waals surface area (Å²) >= 11 is 0. The third kappa shape index (κ3) is 5.44. The molecule has 288 valence electrons. The molecule has 11 aromatic carbocycles. The second-order valence-corrected chi connectivity index (χ2v) is 16.5. The molecular weight excluding hydrogens is 751 g/mol. The van der Waals surface area contributed by atoms with Crippen LogP contribution in [0.2, 0.25) is 0 Å². The van der Waals surface area contributed by atoms with Gasteiger partial charge in [0.25, 0.3) is 0 Å². The van der Waals surface area contributed by atoms with E-state index in [1.54, 1.807) is 0 Å². The summed E-state index contributed by atoms with van der Waals surface area (Å²) in [4.78, 5) is 2.37. The van der Waals surface area contributed by atoms with Crippen LogP contribution < -0.4 is 4.90 Å². The van der Waals surface area contributed by atoms with Crippen molar-refractivity contribution in [3.63, 3.8) is 0 Å². The van der Waals surface area contributed by atoms with Gasteiger partial charge < -0.3 is 9.32 Å². The summed E-state index contributed by atoms with van der Waals surface area (Å²) in [6, 6.07) is 81.8. The van der Waals surface area contributed by atoms with E-state index < -0.39 is 0 Å². The first kappa shape index (κ1) is 34.6. The van der Waals surface area contributed by atoms with Gasteiger partial charge in [-0.15, -0.1) is 0 Å². The van der Waals surface area contributed by atoms with Crippen LogP contribution in [0.1, 0.15) is 0 Å². The molecule has 0 fully saturated rings. The molecule has 62 heavy (non-hydrogen) atoms. The highest BCUT2D eigenvalue weighted by Gasteiger charge is 2.22. The minimum Gasteiger partial charge on any atom is -0.455 e. The third-order valence-corrected chi connectivity index (χ3v) is 13.0. The first-order valence-corrected chi connectivity index (χ1v) is 21.3. The van der Waals surface area contributed by atoms with Crippen LogP contribution in [0.3, 0.4) is 0 Å². The lowest BCUT2D eigenvalue weighted by molar-refractivity contribution is 0.670. The third-order valence-electron chi connectivity index (χ3n) is 13.0. The van der Waals surface area contributed by atoms with Crippen molar-refractivity contribution < 1.29 is 4.42 Å². The molecule has 1 aliphatic rings. The molecule has 0 spiro atoms. The van der Waals surface area contributed by atoms with Crippen LogP contribution in [0.15, 0.2) is 229 Å². The molecule has 0 radical (unpaired) electrons. The molecule has 0 atom stereocenters. The molecule has 0 saturated carbocycles. The van der Waals surface area contributed by atoms with Gasteiger partial charge in [0.1, 0.15) is 11.2 Å². The fourth-order valence-electron chi connectivity index (χ4n) is 9.99. The Balaban J connectivity index is 0.915. The van der Waals surface area contributed by atoms with E-state index in [-0.39, 0.29) is 0 Å². The maximum absolute atomic E-state index is 6.45. The Morgan fingerprint density at radius 1 is 0.274 bits per heavy atom. The van der Waals surface area contributed by atoms with Crippen LogP contribution in [0.5, 0.6) is 0 Å². The van der Waals surface area contributed by atoms with Crippen LogP contribution in [-0.4, -0.2) is 0 Å².